The molecule has 0 aliphatic carbocycles. The topological polar surface area (TPSA) is 23.5 Å². The Kier molecular flexibility index (Phi) is 3.72. The number of aromatic hydroxyl groups is 1. The highest BCUT2D eigenvalue weighted by Gasteiger charge is 2.19. The fraction of sp³-hybridized carbons (Fsp3) is 0.600. The molecule has 0 radical (unpaired) electrons. The number of piperidine rings is 1. The van der Waals surface area contributed by atoms with E-state index in [1.807, 2.05) is 13.0 Å². The maximum atomic E-state index is 10.1. The number of hydrogen-bond acceptors (Lipinski definition) is 2. The van der Waals surface area contributed by atoms with Crippen LogP contribution in [0.3, 0.4) is 0 Å². The van der Waals surface area contributed by atoms with Gasteiger partial charge in [-0.2, -0.15) is 0 Å². The van der Waals surface area contributed by atoms with Crippen LogP contribution in [0.1, 0.15) is 42.9 Å². The SMILES string of the molecule is Cc1cc(C)c(O)c(CN2CCCCC2C)c1. The molecule has 2 rings (SSSR count). The lowest BCUT2D eigenvalue weighted by molar-refractivity contribution is 0.151. The molecule has 0 aromatic heterocycles. The van der Waals surface area contributed by atoms with E-state index in [1.54, 1.807) is 0 Å². The number of aryl methyl sites for hydroxylation is 2. The fourth-order valence-corrected chi connectivity index (χ4v) is 2.78. The molecule has 1 atom stereocenters. The van der Waals surface area contributed by atoms with Crippen LogP contribution >= 0.6 is 0 Å². The molecule has 0 amide bonds. The van der Waals surface area contributed by atoms with Crippen LogP contribution in [-0.2, 0) is 6.54 Å². The van der Waals surface area contributed by atoms with Crippen molar-refractivity contribution in [2.24, 2.45) is 0 Å². The predicted octanol–water partition coefficient (Wildman–Crippen LogP) is 3.38. The molecular formula is C15H23NO. The minimum absolute atomic E-state index is 0.480. The molecule has 0 bridgehead atoms. The number of nitrogens with zero attached hydrogens (tertiary/aromatic N) is 1. The maximum Gasteiger partial charge on any atom is 0.122 e. The lowest BCUT2D eigenvalue weighted by Gasteiger charge is -2.33. The van der Waals surface area contributed by atoms with E-state index in [9.17, 15) is 5.11 Å². The number of phenolic OH excluding ortho intramolecular Hbond substituents is 1. The number of benzene rings is 1. The standard InChI is InChI=1S/C15H23NO/c1-11-8-12(2)15(17)14(9-11)10-16-7-5-4-6-13(16)3/h8-9,13,17H,4-7,10H2,1-3H3. The molecule has 2 heteroatoms. The molecule has 0 saturated carbocycles. The molecule has 1 aromatic carbocycles. The van der Waals surface area contributed by atoms with Crippen molar-refractivity contribution >= 4 is 0 Å². The van der Waals surface area contributed by atoms with Crippen molar-refractivity contribution in [2.75, 3.05) is 6.54 Å². The largest absolute Gasteiger partial charge is 0.507 e. The molecule has 1 heterocycles. The molecule has 1 fully saturated rings. The zero-order chi connectivity index (χ0) is 12.4. The molecule has 1 saturated heterocycles. The average molecular weight is 233 g/mol. The molecule has 1 unspecified atom stereocenters. The molecule has 94 valence electrons. The Bertz CT molecular complexity index is 400. The first kappa shape index (κ1) is 12.4. The van der Waals surface area contributed by atoms with E-state index in [-0.39, 0.29) is 0 Å². The van der Waals surface area contributed by atoms with Crippen molar-refractivity contribution in [3.63, 3.8) is 0 Å². The molecule has 1 N–H and O–H groups in total. The third-order valence-corrected chi connectivity index (χ3v) is 3.84. The summed E-state index contributed by atoms with van der Waals surface area (Å²) >= 11 is 0. The van der Waals surface area contributed by atoms with Gasteiger partial charge in [-0.1, -0.05) is 24.1 Å². The molecule has 17 heavy (non-hydrogen) atoms. The molecular weight excluding hydrogens is 210 g/mol. The van der Waals surface area contributed by atoms with Crippen molar-refractivity contribution in [2.45, 2.75) is 52.6 Å². The van der Waals surface area contributed by atoms with E-state index in [0.717, 1.165) is 24.2 Å². The average Bonchev–Trinajstić information content (AvgIpc) is 2.28. The molecule has 0 spiro atoms. The van der Waals surface area contributed by atoms with E-state index in [4.69, 9.17) is 0 Å². The molecule has 2 nitrogen and oxygen atoms in total. The first-order valence-corrected chi connectivity index (χ1v) is 6.61. The molecule has 1 aliphatic heterocycles. The second-order valence-electron chi connectivity index (χ2n) is 5.40. The highest BCUT2D eigenvalue weighted by Crippen LogP contribution is 2.27. The summed E-state index contributed by atoms with van der Waals surface area (Å²) in [7, 11) is 0. The van der Waals surface area contributed by atoms with E-state index < -0.39 is 0 Å². The summed E-state index contributed by atoms with van der Waals surface area (Å²) < 4.78 is 0. The van der Waals surface area contributed by atoms with Gasteiger partial charge >= 0.3 is 0 Å². The van der Waals surface area contributed by atoms with Gasteiger partial charge in [0.05, 0.1) is 0 Å². The van der Waals surface area contributed by atoms with Crippen LogP contribution in [0.4, 0.5) is 0 Å². The van der Waals surface area contributed by atoms with Crippen LogP contribution in [0.5, 0.6) is 5.75 Å². The zero-order valence-corrected chi connectivity index (χ0v) is 11.2. The summed E-state index contributed by atoms with van der Waals surface area (Å²) in [4.78, 5) is 2.48. The van der Waals surface area contributed by atoms with Gasteiger partial charge in [0.2, 0.25) is 0 Å². The van der Waals surface area contributed by atoms with Gasteiger partial charge < -0.3 is 5.11 Å². The van der Waals surface area contributed by atoms with Crippen LogP contribution in [0.2, 0.25) is 0 Å². The van der Waals surface area contributed by atoms with E-state index in [2.05, 4.69) is 24.8 Å². The van der Waals surface area contributed by atoms with Crippen molar-refractivity contribution in [1.82, 2.24) is 4.90 Å². The summed E-state index contributed by atoms with van der Waals surface area (Å²) in [6, 6.07) is 4.80. The van der Waals surface area contributed by atoms with Gasteiger partial charge in [0.1, 0.15) is 5.75 Å². The number of phenols is 1. The van der Waals surface area contributed by atoms with Crippen molar-refractivity contribution in [3.05, 3.63) is 28.8 Å². The minimum atomic E-state index is 0.480. The van der Waals surface area contributed by atoms with Crippen LogP contribution in [0, 0.1) is 13.8 Å². The Morgan fingerprint density at radius 3 is 2.76 bits per heavy atom. The minimum Gasteiger partial charge on any atom is -0.507 e. The van der Waals surface area contributed by atoms with Gasteiger partial charge in [0.25, 0.3) is 0 Å². The van der Waals surface area contributed by atoms with Crippen LogP contribution in [0.25, 0.3) is 0 Å². The normalized spacial score (nSPS) is 21.7. The first-order valence-electron chi connectivity index (χ1n) is 6.61. The highest BCUT2D eigenvalue weighted by molar-refractivity contribution is 5.42. The highest BCUT2D eigenvalue weighted by atomic mass is 16.3. The van der Waals surface area contributed by atoms with E-state index in [1.165, 1.54) is 24.8 Å². The zero-order valence-electron chi connectivity index (χ0n) is 11.2. The van der Waals surface area contributed by atoms with Crippen LogP contribution in [-0.4, -0.2) is 22.6 Å². The van der Waals surface area contributed by atoms with Crippen LogP contribution < -0.4 is 0 Å². The lowest BCUT2D eigenvalue weighted by atomic mass is 10.0. The van der Waals surface area contributed by atoms with Gasteiger partial charge in [-0.3, -0.25) is 4.90 Å². The Morgan fingerprint density at radius 2 is 2.06 bits per heavy atom. The molecule has 1 aliphatic rings. The number of likely N-dealkylation sites (tertiary alicyclic amines) is 1. The number of hydrogen-bond donors (Lipinski definition) is 1. The van der Waals surface area contributed by atoms with Crippen LogP contribution in [0.15, 0.2) is 12.1 Å². The lowest BCUT2D eigenvalue weighted by Crippen LogP contribution is -2.36. The van der Waals surface area contributed by atoms with Gasteiger partial charge in [0, 0.05) is 18.2 Å². The summed E-state index contributed by atoms with van der Waals surface area (Å²) in [5, 5.41) is 10.1. The van der Waals surface area contributed by atoms with Crippen molar-refractivity contribution in [3.8, 4) is 5.75 Å². The van der Waals surface area contributed by atoms with Crippen molar-refractivity contribution in [1.29, 1.82) is 0 Å². The predicted molar refractivity (Wildman–Crippen MR) is 71.3 cm³/mol. The van der Waals surface area contributed by atoms with Gasteiger partial charge in [-0.05, 0) is 45.7 Å². The second kappa shape index (κ2) is 5.09. The number of rotatable bonds is 2. The third-order valence-electron chi connectivity index (χ3n) is 3.84. The Hall–Kier alpha value is -1.02. The van der Waals surface area contributed by atoms with Crippen molar-refractivity contribution < 1.29 is 5.11 Å². The fourth-order valence-electron chi connectivity index (χ4n) is 2.78. The van der Waals surface area contributed by atoms with E-state index >= 15 is 0 Å². The second-order valence-corrected chi connectivity index (χ2v) is 5.40. The van der Waals surface area contributed by atoms with E-state index in [0.29, 0.717) is 11.8 Å². The summed E-state index contributed by atoms with van der Waals surface area (Å²) in [5.74, 6) is 0.480. The van der Waals surface area contributed by atoms with Gasteiger partial charge in [0.15, 0.2) is 0 Å². The summed E-state index contributed by atoms with van der Waals surface area (Å²) in [5.41, 5.74) is 3.31. The molecule has 1 aromatic rings. The maximum absolute atomic E-state index is 10.1. The monoisotopic (exact) mass is 233 g/mol. The summed E-state index contributed by atoms with van der Waals surface area (Å²) in [6.07, 6.45) is 3.91. The smallest absolute Gasteiger partial charge is 0.122 e. The Morgan fingerprint density at radius 1 is 1.29 bits per heavy atom. The quantitative estimate of drug-likeness (QED) is 0.846. The first-order chi connectivity index (χ1) is 8.08. The van der Waals surface area contributed by atoms with Gasteiger partial charge in [-0.25, -0.2) is 0 Å². The third kappa shape index (κ3) is 2.81. The Labute approximate surface area is 104 Å². The summed E-state index contributed by atoms with van der Waals surface area (Å²) in [6.45, 7) is 8.41. The Balaban J connectivity index is 2.17. The van der Waals surface area contributed by atoms with Gasteiger partial charge in [-0.15, -0.1) is 0 Å².